The minimum absolute atomic E-state index is 0.00289. The summed E-state index contributed by atoms with van der Waals surface area (Å²) in [5, 5.41) is 10.1. The molecule has 0 saturated carbocycles. The lowest BCUT2D eigenvalue weighted by molar-refractivity contribution is -0.138. The molecule has 0 saturated heterocycles. The van der Waals surface area contributed by atoms with Gasteiger partial charge in [0.1, 0.15) is 11.3 Å². The fourth-order valence-electron chi connectivity index (χ4n) is 3.08. The van der Waals surface area contributed by atoms with Gasteiger partial charge < -0.3 is 9.84 Å². The number of benzene rings is 2. The smallest absolute Gasteiger partial charge is 0.343 e. The monoisotopic (exact) mass is 406 g/mol. The number of fused-ring (bicyclic) bond motifs is 1. The van der Waals surface area contributed by atoms with Gasteiger partial charge >= 0.3 is 5.97 Å². The van der Waals surface area contributed by atoms with Crippen LogP contribution < -0.4 is 4.90 Å². The molecule has 0 atom stereocenters. The van der Waals surface area contributed by atoms with Crippen molar-refractivity contribution in [3.8, 4) is 0 Å². The van der Waals surface area contributed by atoms with E-state index in [0.717, 1.165) is 4.90 Å². The van der Waals surface area contributed by atoms with E-state index in [0.29, 0.717) is 35.3 Å². The van der Waals surface area contributed by atoms with Crippen LogP contribution in [0.15, 0.2) is 64.9 Å². The Morgan fingerprint density at radius 3 is 2.17 bits per heavy atom. The van der Waals surface area contributed by atoms with Crippen LogP contribution >= 0.6 is 0 Å². The Balaban J connectivity index is 1.82. The zero-order valence-corrected chi connectivity index (χ0v) is 16.8. The van der Waals surface area contributed by atoms with E-state index in [4.69, 9.17) is 4.74 Å². The predicted octanol–water partition coefficient (Wildman–Crippen LogP) is 4.36. The minimum atomic E-state index is -0.644. The maximum atomic E-state index is 12.6. The highest BCUT2D eigenvalue weighted by Crippen LogP contribution is 2.29. The molecule has 1 N–H and O–H groups in total. The summed E-state index contributed by atoms with van der Waals surface area (Å²) in [6, 6.07) is 13.1. The first-order chi connectivity index (χ1) is 14.5. The highest BCUT2D eigenvalue weighted by Gasteiger charge is 2.36. The van der Waals surface area contributed by atoms with Crippen LogP contribution in [0.2, 0.25) is 0 Å². The van der Waals surface area contributed by atoms with E-state index in [1.165, 1.54) is 6.21 Å². The van der Waals surface area contributed by atoms with Crippen molar-refractivity contribution in [2.24, 2.45) is 4.99 Å². The third-order valence-corrected chi connectivity index (χ3v) is 4.54. The number of esters is 1. The Bertz CT molecular complexity index is 1000. The molecule has 0 radical (unpaired) electrons. The molecule has 3 rings (SSSR count). The van der Waals surface area contributed by atoms with Gasteiger partial charge in [-0.1, -0.05) is 19.1 Å². The number of nitrogens with zero attached hydrogens (tertiary/aromatic N) is 2. The van der Waals surface area contributed by atoms with Crippen molar-refractivity contribution in [1.82, 2.24) is 0 Å². The molecule has 0 bridgehead atoms. The fourth-order valence-corrected chi connectivity index (χ4v) is 3.08. The molecule has 30 heavy (non-hydrogen) atoms. The van der Waals surface area contributed by atoms with Crippen molar-refractivity contribution in [3.63, 3.8) is 0 Å². The topological polar surface area (TPSA) is 96.3 Å². The lowest BCUT2D eigenvalue weighted by atomic mass is 10.1. The van der Waals surface area contributed by atoms with Crippen LogP contribution in [-0.4, -0.2) is 35.7 Å². The van der Waals surface area contributed by atoms with Crippen LogP contribution in [0.3, 0.4) is 0 Å². The molecular formula is C23H22N2O5. The molecule has 7 nitrogen and oxygen atoms in total. The van der Waals surface area contributed by atoms with E-state index in [2.05, 4.69) is 4.99 Å². The van der Waals surface area contributed by atoms with Crippen LogP contribution in [-0.2, 0) is 9.53 Å². The Labute approximate surface area is 174 Å². The van der Waals surface area contributed by atoms with Gasteiger partial charge in [-0.15, -0.1) is 0 Å². The van der Waals surface area contributed by atoms with Crippen LogP contribution in [0.1, 0.15) is 47.4 Å². The highest BCUT2D eigenvalue weighted by molar-refractivity contribution is 6.34. The number of hydrogen-bond acceptors (Lipinski definition) is 6. The molecule has 154 valence electrons. The maximum Gasteiger partial charge on any atom is 0.343 e. The SMILES string of the molecule is CCC/C(O)=C(/C=Nc1ccc(N2C(=O)c3ccccc3C2=O)cc1)C(=O)OCC. The van der Waals surface area contributed by atoms with E-state index in [1.807, 2.05) is 6.92 Å². The Morgan fingerprint density at radius 1 is 1.03 bits per heavy atom. The molecule has 1 heterocycles. The minimum Gasteiger partial charge on any atom is -0.511 e. The van der Waals surface area contributed by atoms with E-state index in [1.54, 1.807) is 55.5 Å². The van der Waals surface area contributed by atoms with Gasteiger partial charge in [0.05, 0.1) is 29.1 Å². The molecule has 0 fully saturated rings. The molecule has 2 aromatic rings. The molecule has 2 amide bonds. The third kappa shape index (κ3) is 4.15. The van der Waals surface area contributed by atoms with Crippen molar-refractivity contribution < 1.29 is 24.2 Å². The summed E-state index contributed by atoms with van der Waals surface area (Å²) in [6.07, 6.45) is 2.26. The first-order valence-electron chi connectivity index (χ1n) is 9.69. The zero-order chi connectivity index (χ0) is 21.7. The number of anilines is 1. The number of rotatable bonds is 7. The summed E-state index contributed by atoms with van der Waals surface area (Å²) in [4.78, 5) is 42.6. The lowest BCUT2D eigenvalue weighted by Crippen LogP contribution is -2.29. The van der Waals surface area contributed by atoms with E-state index < -0.39 is 5.97 Å². The summed E-state index contributed by atoms with van der Waals surface area (Å²) in [7, 11) is 0. The molecule has 2 aromatic carbocycles. The van der Waals surface area contributed by atoms with Crippen molar-refractivity contribution in [3.05, 3.63) is 71.0 Å². The van der Waals surface area contributed by atoms with Crippen molar-refractivity contribution in [2.45, 2.75) is 26.7 Å². The average molecular weight is 406 g/mol. The highest BCUT2D eigenvalue weighted by atomic mass is 16.5. The van der Waals surface area contributed by atoms with Crippen molar-refractivity contribution >= 4 is 35.4 Å². The summed E-state index contributed by atoms with van der Waals surface area (Å²) < 4.78 is 4.97. The number of amides is 2. The van der Waals surface area contributed by atoms with Gasteiger partial charge in [-0.3, -0.25) is 14.6 Å². The molecular weight excluding hydrogens is 384 g/mol. The molecule has 0 unspecified atom stereocenters. The molecule has 1 aliphatic heterocycles. The van der Waals surface area contributed by atoms with Crippen LogP contribution in [0.5, 0.6) is 0 Å². The Hall–Kier alpha value is -3.74. The number of allylic oxidation sites excluding steroid dienone is 1. The second kappa shape index (κ2) is 9.17. The molecule has 1 aliphatic rings. The van der Waals surface area contributed by atoms with Gasteiger partial charge in [-0.2, -0.15) is 0 Å². The van der Waals surface area contributed by atoms with Crippen LogP contribution in [0, 0.1) is 0 Å². The van der Waals surface area contributed by atoms with E-state index >= 15 is 0 Å². The Kier molecular flexibility index (Phi) is 6.41. The summed E-state index contributed by atoms with van der Waals surface area (Å²) in [5.74, 6) is -1.47. The van der Waals surface area contributed by atoms with Gasteiger partial charge in [0.25, 0.3) is 11.8 Å². The van der Waals surface area contributed by atoms with E-state index in [9.17, 15) is 19.5 Å². The van der Waals surface area contributed by atoms with Gasteiger partial charge in [-0.25, -0.2) is 9.69 Å². The number of aliphatic hydroxyl groups excluding tert-OH is 1. The largest absolute Gasteiger partial charge is 0.511 e. The van der Waals surface area contributed by atoms with Gasteiger partial charge in [-0.05, 0) is 49.7 Å². The third-order valence-electron chi connectivity index (χ3n) is 4.54. The van der Waals surface area contributed by atoms with Gasteiger partial charge in [0, 0.05) is 12.6 Å². The Morgan fingerprint density at radius 2 is 1.63 bits per heavy atom. The van der Waals surface area contributed by atoms with Crippen molar-refractivity contribution in [2.75, 3.05) is 11.5 Å². The summed E-state index contributed by atoms with van der Waals surface area (Å²) in [5.41, 5.74) is 1.67. The second-order valence-electron chi connectivity index (χ2n) is 6.60. The lowest BCUT2D eigenvalue weighted by Gasteiger charge is -2.13. The number of aliphatic imine (C=N–C) groups is 1. The quantitative estimate of drug-likeness (QED) is 0.242. The molecule has 0 spiro atoms. The summed E-state index contributed by atoms with van der Waals surface area (Å²) in [6.45, 7) is 3.75. The normalized spacial score (nSPS) is 14.1. The molecule has 7 heteroatoms. The molecule has 0 aliphatic carbocycles. The molecule has 0 aromatic heterocycles. The number of carbonyl (C=O) groups is 3. The maximum absolute atomic E-state index is 12.6. The fraction of sp³-hybridized carbons (Fsp3) is 0.217. The van der Waals surface area contributed by atoms with Crippen LogP contribution in [0.4, 0.5) is 11.4 Å². The summed E-state index contributed by atoms with van der Waals surface area (Å²) >= 11 is 0. The first kappa shape index (κ1) is 21.0. The standard InChI is InChI=1S/C23H22N2O5/c1-3-7-20(26)19(23(29)30-4-2)14-24-15-10-12-16(13-11-15)25-21(27)17-8-5-6-9-18(17)22(25)28/h5-6,8-14,26H,3-4,7H2,1-2H3/b20-19+,24-14?. The first-order valence-corrected chi connectivity index (χ1v) is 9.69. The van der Waals surface area contributed by atoms with E-state index in [-0.39, 0.29) is 29.8 Å². The van der Waals surface area contributed by atoms with Gasteiger partial charge in [0.2, 0.25) is 0 Å². The number of ether oxygens (including phenoxy) is 1. The zero-order valence-electron chi connectivity index (χ0n) is 16.8. The second-order valence-corrected chi connectivity index (χ2v) is 6.60. The number of hydrogen-bond donors (Lipinski definition) is 1. The number of carbonyl (C=O) groups excluding carboxylic acids is 3. The van der Waals surface area contributed by atoms with Crippen molar-refractivity contribution in [1.29, 1.82) is 0 Å². The number of aliphatic hydroxyl groups is 1. The number of imide groups is 1. The van der Waals surface area contributed by atoms with Crippen LogP contribution in [0.25, 0.3) is 0 Å². The predicted molar refractivity (Wildman–Crippen MR) is 113 cm³/mol. The van der Waals surface area contributed by atoms with Gasteiger partial charge in [0.15, 0.2) is 0 Å². The average Bonchev–Trinajstić information content (AvgIpc) is 3.00.